The van der Waals surface area contributed by atoms with Gasteiger partial charge in [0.15, 0.2) is 5.75 Å². The molecule has 0 radical (unpaired) electrons. The first-order valence-corrected chi connectivity index (χ1v) is 5.87. The van der Waals surface area contributed by atoms with Gasteiger partial charge in [-0.15, -0.1) is 0 Å². The van der Waals surface area contributed by atoms with E-state index in [4.69, 9.17) is 4.74 Å². The third kappa shape index (κ3) is 2.29. The van der Waals surface area contributed by atoms with Crippen molar-refractivity contribution >= 4 is 5.69 Å². The molecule has 2 rings (SSSR count). The SMILES string of the molecule is COc1cnc(C)cc1NCC1(C)CCC1. The largest absolute Gasteiger partial charge is 0.493 e. The summed E-state index contributed by atoms with van der Waals surface area (Å²) in [6.07, 6.45) is 5.80. The van der Waals surface area contributed by atoms with Crippen LogP contribution in [0.15, 0.2) is 12.3 Å². The molecule has 0 aliphatic heterocycles. The lowest BCUT2D eigenvalue weighted by atomic mass is 9.70. The van der Waals surface area contributed by atoms with Crippen LogP contribution < -0.4 is 10.1 Å². The minimum absolute atomic E-state index is 0.474. The summed E-state index contributed by atoms with van der Waals surface area (Å²) in [5, 5.41) is 3.48. The Morgan fingerprint density at radius 1 is 1.50 bits per heavy atom. The first kappa shape index (κ1) is 11.2. The average molecular weight is 220 g/mol. The summed E-state index contributed by atoms with van der Waals surface area (Å²) in [6.45, 7) is 5.35. The number of nitrogens with zero attached hydrogens (tertiary/aromatic N) is 1. The van der Waals surface area contributed by atoms with Crippen LogP contribution in [0.1, 0.15) is 31.9 Å². The minimum atomic E-state index is 0.474. The van der Waals surface area contributed by atoms with E-state index >= 15 is 0 Å². The second kappa shape index (κ2) is 4.32. The fourth-order valence-corrected chi connectivity index (χ4v) is 2.11. The van der Waals surface area contributed by atoms with E-state index in [0.29, 0.717) is 5.41 Å². The molecule has 3 heteroatoms. The Hall–Kier alpha value is -1.25. The van der Waals surface area contributed by atoms with Crippen molar-refractivity contribution in [1.29, 1.82) is 0 Å². The van der Waals surface area contributed by atoms with E-state index in [2.05, 4.69) is 17.2 Å². The summed E-state index contributed by atoms with van der Waals surface area (Å²) in [4.78, 5) is 4.22. The molecule has 0 saturated heterocycles. The summed E-state index contributed by atoms with van der Waals surface area (Å²) in [5.41, 5.74) is 2.55. The molecule has 1 heterocycles. The number of aryl methyl sites for hydroxylation is 1. The van der Waals surface area contributed by atoms with Gasteiger partial charge in [0, 0.05) is 12.2 Å². The predicted octanol–water partition coefficient (Wildman–Crippen LogP) is 3.00. The van der Waals surface area contributed by atoms with Crippen LogP contribution in [-0.2, 0) is 0 Å². The van der Waals surface area contributed by atoms with Crippen molar-refractivity contribution in [1.82, 2.24) is 4.98 Å². The van der Waals surface area contributed by atoms with Crippen LogP contribution in [0.2, 0.25) is 0 Å². The van der Waals surface area contributed by atoms with Gasteiger partial charge in [0.05, 0.1) is 19.0 Å². The maximum absolute atomic E-state index is 5.29. The second-order valence-corrected chi connectivity index (χ2v) is 5.04. The average Bonchev–Trinajstić information content (AvgIpc) is 2.24. The Balaban J connectivity index is 2.04. The highest BCUT2D eigenvalue weighted by molar-refractivity contribution is 5.56. The van der Waals surface area contributed by atoms with Crippen molar-refractivity contribution in [3.63, 3.8) is 0 Å². The third-order valence-electron chi connectivity index (χ3n) is 3.49. The van der Waals surface area contributed by atoms with Crippen LogP contribution in [-0.4, -0.2) is 18.6 Å². The zero-order valence-electron chi connectivity index (χ0n) is 10.3. The fourth-order valence-electron chi connectivity index (χ4n) is 2.11. The predicted molar refractivity (Wildman–Crippen MR) is 66.0 cm³/mol. The Kier molecular flexibility index (Phi) is 3.03. The van der Waals surface area contributed by atoms with Gasteiger partial charge in [0.25, 0.3) is 0 Å². The van der Waals surface area contributed by atoms with Crippen molar-refractivity contribution in [2.45, 2.75) is 33.1 Å². The van der Waals surface area contributed by atoms with Crippen molar-refractivity contribution in [3.8, 4) is 5.75 Å². The molecule has 0 atom stereocenters. The monoisotopic (exact) mass is 220 g/mol. The van der Waals surface area contributed by atoms with E-state index in [9.17, 15) is 0 Å². The molecule has 0 amide bonds. The first-order chi connectivity index (χ1) is 7.63. The van der Waals surface area contributed by atoms with Crippen molar-refractivity contribution in [2.24, 2.45) is 5.41 Å². The lowest BCUT2D eigenvalue weighted by molar-refractivity contribution is 0.180. The van der Waals surface area contributed by atoms with E-state index in [0.717, 1.165) is 23.7 Å². The van der Waals surface area contributed by atoms with Gasteiger partial charge in [-0.2, -0.15) is 0 Å². The van der Waals surface area contributed by atoms with Gasteiger partial charge in [-0.05, 0) is 31.2 Å². The number of methoxy groups -OCH3 is 1. The van der Waals surface area contributed by atoms with Gasteiger partial charge >= 0.3 is 0 Å². The Morgan fingerprint density at radius 2 is 2.25 bits per heavy atom. The molecule has 1 aliphatic carbocycles. The molecule has 0 unspecified atom stereocenters. The van der Waals surface area contributed by atoms with E-state index in [1.807, 2.05) is 13.0 Å². The number of aromatic nitrogens is 1. The number of hydrogen-bond donors (Lipinski definition) is 1. The van der Waals surface area contributed by atoms with E-state index in [1.54, 1.807) is 13.3 Å². The number of anilines is 1. The van der Waals surface area contributed by atoms with Gasteiger partial charge in [-0.25, -0.2) is 0 Å². The molecule has 88 valence electrons. The number of nitrogens with one attached hydrogen (secondary N) is 1. The molecule has 16 heavy (non-hydrogen) atoms. The highest BCUT2D eigenvalue weighted by Crippen LogP contribution is 2.40. The van der Waals surface area contributed by atoms with E-state index in [-0.39, 0.29) is 0 Å². The quantitative estimate of drug-likeness (QED) is 0.847. The summed E-state index contributed by atoms with van der Waals surface area (Å²) in [7, 11) is 1.68. The van der Waals surface area contributed by atoms with Crippen molar-refractivity contribution in [2.75, 3.05) is 19.0 Å². The zero-order valence-corrected chi connectivity index (χ0v) is 10.3. The lowest BCUT2D eigenvalue weighted by Crippen LogP contribution is -2.33. The standard InChI is InChI=1S/C13H20N2O/c1-10-7-11(12(16-3)8-14-10)15-9-13(2)5-4-6-13/h7-8H,4-6,9H2,1-3H3,(H,14,15). The number of ether oxygens (including phenoxy) is 1. The number of pyridine rings is 1. The number of hydrogen-bond acceptors (Lipinski definition) is 3. The summed E-state index contributed by atoms with van der Waals surface area (Å²) in [5.74, 6) is 0.827. The van der Waals surface area contributed by atoms with Crippen LogP contribution in [0.5, 0.6) is 5.75 Å². The van der Waals surface area contributed by atoms with E-state index < -0.39 is 0 Å². The lowest BCUT2D eigenvalue weighted by Gasteiger charge is -2.38. The van der Waals surface area contributed by atoms with Crippen LogP contribution in [0.25, 0.3) is 0 Å². The molecular weight excluding hydrogens is 200 g/mol. The zero-order chi connectivity index (χ0) is 11.6. The maximum Gasteiger partial charge on any atom is 0.160 e. The van der Waals surface area contributed by atoms with E-state index in [1.165, 1.54) is 19.3 Å². The Morgan fingerprint density at radius 3 is 2.81 bits per heavy atom. The molecule has 0 spiro atoms. The summed E-state index contributed by atoms with van der Waals surface area (Å²) in [6, 6.07) is 2.04. The van der Waals surface area contributed by atoms with Gasteiger partial charge < -0.3 is 10.1 Å². The van der Waals surface area contributed by atoms with Gasteiger partial charge in [0.2, 0.25) is 0 Å². The number of rotatable bonds is 4. The third-order valence-corrected chi connectivity index (χ3v) is 3.49. The first-order valence-electron chi connectivity index (χ1n) is 5.87. The highest BCUT2D eigenvalue weighted by atomic mass is 16.5. The molecule has 1 aromatic heterocycles. The maximum atomic E-state index is 5.29. The molecule has 1 aliphatic rings. The van der Waals surface area contributed by atoms with Gasteiger partial charge in [-0.1, -0.05) is 13.3 Å². The smallest absolute Gasteiger partial charge is 0.160 e. The molecule has 1 aromatic rings. The molecule has 1 N–H and O–H groups in total. The van der Waals surface area contributed by atoms with Crippen LogP contribution in [0, 0.1) is 12.3 Å². The summed E-state index contributed by atoms with van der Waals surface area (Å²) >= 11 is 0. The minimum Gasteiger partial charge on any atom is -0.493 e. The topological polar surface area (TPSA) is 34.1 Å². The Bertz CT molecular complexity index is 372. The molecule has 1 fully saturated rings. The van der Waals surface area contributed by atoms with Crippen LogP contribution >= 0.6 is 0 Å². The molecular formula is C13H20N2O. The summed E-state index contributed by atoms with van der Waals surface area (Å²) < 4.78 is 5.29. The van der Waals surface area contributed by atoms with Crippen LogP contribution in [0.3, 0.4) is 0 Å². The Labute approximate surface area is 97.2 Å². The van der Waals surface area contributed by atoms with Crippen molar-refractivity contribution in [3.05, 3.63) is 18.0 Å². The fraction of sp³-hybridized carbons (Fsp3) is 0.615. The molecule has 0 bridgehead atoms. The van der Waals surface area contributed by atoms with Gasteiger partial charge in [0.1, 0.15) is 0 Å². The molecule has 3 nitrogen and oxygen atoms in total. The molecule has 0 aromatic carbocycles. The second-order valence-electron chi connectivity index (χ2n) is 5.04. The molecule has 1 saturated carbocycles. The van der Waals surface area contributed by atoms with Gasteiger partial charge in [-0.3, -0.25) is 4.98 Å². The highest BCUT2D eigenvalue weighted by Gasteiger charge is 2.31. The van der Waals surface area contributed by atoms with Crippen molar-refractivity contribution < 1.29 is 4.74 Å². The normalized spacial score (nSPS) is 17.7. The van der Waals surface area contributed by atoms with Crippen LogP contribution in [0.4, 0.5) is 5.69 Å².